The van der Waals surface area contributed by atoms with E-state index in [-0.39, 0.29) is 0 Å². The van der Waals surface area contributed by atoms with Crippen LogP contribution in [0.1, 0.15) is 32.6 Å². The fourth-order valence-corrected chi connectivity index (χ4v) is 5.40. The normalized spacial score (nSPS) is 16.2. The summed E-state index contributed by atoms with van der Waals surface area (Å²) in [6, 6.07) is 22.0. The Balaban J connectivity index is 1.87. The Hall–Kier alpha value is -2.69. The van der Waals surface area contributed by atoms with E-state index >= 15 is 0 Å². The van der Waals surface area contributed by atoms with Crippen LogP contribution >= 0.6 is 0 Å². The maximum absolute atomic E-state index is 11.5. The van der Waals surface area contributed by atoms with Crippen LogP contribution in [0.5, 0.6) is 0 Å². The SMILES string of the molecule is O=C(O)c1ccc2c(c1)C1(OC2)c2ccccc2[Si]c2ccccc21. The lowest BCUT2D eigenvalue weighted by molar-refractivity contribution is 0.0277. The quantitative estimate of drug-likeness (QED) is 0.690. The van der Waals surface area contributed by atoms with Gasteiger partial charge in [-0.2, -0.15) is 0 Å². The van der Waals surface area contributed by atoms with E-state index < -0.39 is 11.6 Å². The third kappa shape index (κ3) is 1.92. The number of aromatic carboxylic acids is 1. The molecule has 2 radical (unpaired) electrons. The third-order valence-electron chi connectivity index (χ3n) is 5.06. The van der Waals surface area contributed by atoms with Gasteiger partial charge in [-0.25, -0.2) is 4.79 Å². The summed E-state index contributed by atoms with van der Waals surface area (Å²) in [5, 5.41) is 12.0. The first-order valence-electron chi connectivity index (χ1n) is 8.17. The molecule has 2 aliphatic rings. The van der Waals surface area contributed by atoms with Gasteiger partial charge in [0.1, 0.15) is 15.1 Å². The molecule has 0 saturated carbocycles. The van der Waals surface area contributed by atoms with E-state index in [9.17, 15) is 9.90 Å². The van der Waals surface area contributed by atoms with Crippen LogP contribution in [-0.4, -0.2) is 20.6 Å². The molecule has 0 amide bonds. The fourth-order valence-electron chi connectivity index (χ4n) is 3.96. The van der Waals surface area contributed by atoms with Gasteiger partial charge in [-0.15, -0.1) is 0 Å². The molecule has 0 saturated heterocycles. The molecule has 3 nitrogen and oxygen atoms in total. The molecular formula is C21H14O3Si. The highest BCUT2D eigenvalue weighted by Gasteiger charge is 2.48. The summed E-state index contributed by atoms with van der Waals surface area (Å²) in [6.07, 6.45) is 0. The minimum absolute atomic E-state index is 0.298. The zero-order valence-corrected chi connectivity index (χ0v) is 14.3. The van der Waals surface area contributed by atoms with Gasteiger partial charge in [-0.1, -0.05) is 65.0 Å². The van der Waals surface area contributed by atoms with Crippen molar-refractivity contribution >= 4 is 25.9 Å². The number of rotatable bonds is 1. The van der Waals surface area contributed by atoms with Crippen LogP contribution in [0.2, 0.25) is 0 Å². The average Bonchev–Trinajstić information content (AvgIpc) is 3.02. The number of carboxylic acid groups (broad SMARTS) is 1. The van der Waals surface area contributed by atoms with Gasteiger partial charge in [-0.05, 0) is 34.4 Å². The summed E-state index contributed by atoms with van der Waals surface area (Å²) in [5.41, 5.74) is 3.86. The Kier molecular flexibility index (Phi) is 3.01. The second-order valence-corrected chi connectivity index (χ2v) is 7.69. The van der Waals surface area contributed by atoms with E-state index in [0.717, 1.165) is 22.3 Å². The molecule has 0 aromatic heterocycles. The molecule has 0 aliphatic carbocycles. The van der Waals surface area contributed by atoms with Crippen LogP contribution in [0.3, 0.4) is 0 Å². The van der Waals surface area contributed by atoms with Crippen molar-refractivity contribution in [2.45, 2.75) is 12.2 Å². The molecule has 2 heterocycles. The van der Waals surface area contributed by atoms with Crippen LogP contribution in [0.4, 0.5) is 0 Å². The molecule has 0 atom stereocenters. The summed E-state index contributed by atoms with van der Waals surface area (Å²) in [4.78, 5) is 11.5. The van der Waals surface area contributed by atoms with Gasteiger partial charge < -0.3 is 9.84 Å². The van der Waals surface area contributed by atoms with Crippen molar-refractivity contribution in [1.29, 1.82) is 0 Å². The van der Waals surface area contributed by atoms with Gasteiger partial charge in [0.15, 0.2) is 0 Å². The molecule has 0 unspecified atom stereocenters. The minimum Gasteiger partial charge on any atom is -0.478 e. The molecule has 2 aliphatic heterocycles. The molecule has 3 aromatic rings. The minimum atomic E-state index is -0.913. The molecule has 120 valence electrons. The van der Waals surface area contributed by atoms with Crippen molar-refractivity contribution in [1.82, 2.24) is 0 Å². The summed E-state index contributed by atoms with van der Waals surface area (Å²) in [5.74, 6) is -0.913. The standard InChI is InChI=1S/C21H14O3Si/c22-20(23)13-9-10-14-12-24-21(17(14)11-13)15-5-1-3-7-18(15)25-19-8-4-2-6-16(19)21/h1-11H,12H2,(H,22,23). The lowest BCUT2D eigenvalue weighted by atomic mass is 9.79. The van der Waals surface area contributed by atoms with Crippen LogP contribution in [0, 0.1) is 0 Å². The van der Waals surface area contributed by atoms with E-state index in [0.29, 0.717) is 21.7 Å². The van der Waals surface area contributed by atoms with Crippen molar-refractivity contribution in [3.05, 3.63) is 94.5 Å². The van der Waals surface area contributed by atoms with Crippen molar-refractivity contribution in [3.8, 4) is 0 Å². The highest BCUT2D eigenvalue weighted by molar-refractivity contribution is 6.69. The van der Waals surface area contributed by atoms with Crippen LogP contribution in [0.15, 0.2) is 66.7 Å². The molecule has 25 heavy (non-hydrogen) atoms. The number of carboxylic acids is 1. The zero-order valence-electron chi connectivity index (χ0n) is 13.3. The number of benzene rings is 3. The second-order valence-electron chi connectivity index (χ2n) is 6.36. The number of carbonyl (C=O) groups is 1. The molecule has 0 bridgehead atoms. The molecular weight excluding hydrogens is 328 g/mol. The topological polar surface area (TPSA) is 46.5 Å². The van der Waals surface area contributed by atoms with E-state index in [1.165, 1.54) is 10.4 Å². The molecule has 1 spiro atoms. The van der Waals surface area contributed by atoms with Crippen molar-refractivity contribution in [2.24, 2.45) is 0 Å². The summed E-state index contributed by atoms with van der Waals surface area (Å²) in [7, 11) is 0.578. The van der Waals surface area contributed by atoms with E-state index in [1.807, 2.05) is 18.2 Å². The van der Waals surface area contributed by atoms with E-state index in [4.69, 9.17) is 4.74 Å². The summed E-state index contributed by atoms with van der Waals surface area (Å²) in [6.45, 7) is 0.487. The van der Waals surface area contributed by atoms with Gasteiger partial charge in [0.05, 0.1) is 12.2 Å². The Morgan fingerprint density at radius 3 is 2.20 bits per heavy atom. The van der Waals surface area contributed by atoms with Gasteiger partial charge in [0, 0.05) is 0 Å². The maximum atomic E-state index is 11.5. The molecule has 4 heteroatoms. The fraction of sp³-hybridized carbons (Fsp3) is 0.0952. The number of ether oxygens (including phenoxy) is 1. The predicted octanol–water partition coefficient (Wildman–Crippen LogP) is 2.18. The van der Waals surface area contributed by atoms with E-state index in [1.54, 1.807) is 12.1 Å². The second kappa shape index (κ2) is 5.15. The number of hydrogen-bond acceptors (Lipinski definition) is 2. The van der Waals surface area contributed by atoms with Crippen molar-refractivity contribution in [2.75, 3.05) is 0 Å². The average molecular weight is 342 g/mol. The summed E-state index contributed by atoms with van der Waals surface area (Å²) >= 11 is 0. The Morgan fingerprint density at radius 2 is 1.56 bits per heavy atom. The molecule has 5 rings (SSSR count). The highest BCUT2D eigenvalue weighted by Crippen LogP contribution is 2.47. The molecule has 0 fully saturated rings. The smallest absolute Gasteiger partial charge is 0.335 e. The van der Waals surface area contributed by atoms with Gasteiger partial charge in [0.25, 0.3) is 0 Å². The first kappa shape index (κ1) is 14.6. The number of hydrogen-bond donors (Lipinski definition) is 1. The molecule has 3 aromatic carbocycles. The van der Waals surface area contributed by atoms with Crippen LogP contribution in [0.25, 0.3) is 0 Å². The van der Waals surface area contributed by atoms with Crippen molar-refractivity contribution < 1.29 is 14.6 Å². The van der Waals surface area contributed by atoms with Crippen LogP contribution < -0.4 is 10.4 Å². The van der Waals surface area contributed by atoms with Crippen LogP contribution in [-0.2, 0) is 16.9 Å². The van der Waals surface area contributed by atoms with Gasteiger partial charge in [0.2, 0.25) is 0 Å². The first-order chi connectivity index (χ1) is 12.2. The Labute approximate surface area is 147 Å². The lowest BCUT2D eigenvalue weighted by Crippen LogP contribution is -2.49. The highest BCUT2D eigenvalue weighted by atomic mass is 28.2. The monoisotopic (exact) mass is 342 g/mol. The Bertz CT molecular complexity index is 980. The zero-order chi connectivity index (χ0) is 17.0. The largest absolute Gasteiger partial charge is 0.478 e. The predicted molar refractivity (Wildman–Crippen MR) is 96.0 cm³/mol. The lowest BCUT2D eigenvalue weighted by Gasteiger charge is -2.38. The Morgan fingerprint density at radius 1 is 0.920 bits per heavy atom. The van der Waals surface area contributed by atoms with E-state index in [2.05, 4.69) is 36.4 Å². The summed E-state index contributed by atoms with van der Waals surface area (Å²) < 4.78 is 6.45. The maximum Gasteiger partial charge on any atom is 0.335 e. The molecule has 1 N–H and O–H groups in total. The van der Waals surface area contributed by atoms with Gasteiger partial charge >= 0.3 is 5.97 Å². The van der Waals surface area contributed by atoms with Crippen molar-refractivity contribution in [3.63, 3.8) is 0 Å². The first-order valence-corrected chi connectivity index (χ1v) is 9.17. The van der Waals surface area contributed by atoms with Gasteiger partial charge in [-0.3, -0.25) is 0 Å². The number of fused-ring (bicyclic) bond motifs is 6. The third-order valence-corrected chi connectivity index (χ3v) is 6.47.